The number of anilines is 1. The van der Waals surface area contributed by atoms with E-state index in [0.717, 1.165) is 16.9 Å². The molecule has 0 radical (unpaired) electrons. The quantitative estimate of drug-likeness (QED) is 0.828. The molecule has 1 aromatic carbocycles. The zero-order valence-electron chi connectivity index (χ0n) is 9.66. The summed E-state index contributed by atoms with van der Waals surface area (Å²) in [7, 11) is 0. The summed E-state index contributed by atoms with van der Waals surface area (Å²) in [5.74, 6) is -1.04. The highest BCUT2D eigenvalue weighted by atomic mass is 32.1. The summed E-state index contributed by atoms with van der Waals surface area (Å²) in [5.41, 5.74) is 7.57. The van der Waals surface area contributed by atoms with Crippen molar-refractivity contribution in [3.63, 3.8) is 0 Å². The third kappa shape index (κ3) is 2.14. The molecule has 0 fully saturated rings. The molecule has 0 aliphatic heterocycles. The molecule has 0 saturated carbocycles. The van der Waals surface area contributed by atoms with Gasteiger partial charge in [0, 0.05) is 16.6 Å². The largest absolute Gasteiger partial charge is 0.480 e. The van der Waals surface area contributed by atoms with Gasteiger partial charge < -0.3 is 10.8 Å². The average molecular weight is 264 g/mol. The van der Waals surface area contributed by atoms with E-state index >= 15 is 0 Å². The van der Waals surface area contributed by atoms with Gasteiger partial charge in [-0.2, -0.15) is 0 Å². The van der Waals surface area contributed by atoms with E-state index in [1.54, 1.807) is 29.6 Å². The summed E-state index contributed by atoms with van der Waals surface area (Å²) in [5, 5.41) is 10.7. The second-order valence-corrected chi connectivity index (χ2v) is 4.72. The molecule has 18 heavy (non-hydrogen) atoms. The first-order valence-corrected chi connectivity index (χ1v) is 6.17. The lowest BCUT2D eigenvalue weighted by atomic mass is 10.1. The number of carboxylic acid groups (broad SMARTS) is 1. The van der Waals surface area contributed by atoms with Gasteiger partial charge in [-0.15, -0.1) is 0 Å². The maximum absolute atomic E-state index is 11.7. The molecule has 0 amide bonds. The molecule has 3 N–H and O–H groups in total. The van der Waals surface area contributed by atoms with Crippen LogP contribution in [0.5, 0.6) is 0 Å². The van der Waals surface area contributed by atoms with Crippen molar-refractivity contribution in [2.45, 2.75) is 13.0 Å². The van der Waals surface area contributed by atoms with Gasteiger partial charge in [0.2, 0.25) is 0 Å². The number of aliphatic carboxylic acids is 1. The molecule has 1 heterocycles. The van der Waals surface area contributed by atoms with Crippen molar-refractivity contribution >= 4 is 23.0 Å². The van der Waals surface area contributed by atoms with Crippen LogP contribution in [0.2, 0.25) is 0 Å². The molecule has 0 aliphatic rings. The molecular formula is C12H12N2O3S. The minimum absolute atomic E-state index is 0.290. The number of carbonyl (C=O) groups is 1. The van der Waals surface area contributed by atoms with Crippen LogP contribution in [-0.4, -0.2) is 15.6 Å². The molecule has 94 valence electrons. The smallest absolute Gasteiger partial charge is 0.326 e. The number of benzene rings is 1. The molecular weight excluding hydrogens is 252 g/mol. The number of nitrogens with two attached hydrogens (primary N) is 1. The summed E-state index contributed by atoms with van der Waals surface area (Å²) < 4.78 is 1.27. The molecule has 0 saturated heterocycles. The van der Waals surface area contributed by atoms with E-state index in [9.17, 15) is 9.59 Å². The van der Waals surface area contributed by atoms with E-state index < -0.39 is 12.0 Å². The van der Waals surface area contributed by atoms with Crippen molar-refractivity contribution in [1.29, 1.82) is 0 Å². The minimum atomic E-state index is -1.04. The number of rotatable bonds is 3. The lowest BCUT2D eigenvalue weighted by Crippen LogP contribution is -2.24. The maximum Gasteiger partial charge on any atom is 0.326 e. The summed E-state index contributed by atoms with van der Waals surface area (Å²) in [6, 6.07) is 6.11. The Morgan fingerprint density at radius 2 is 2.22 bits per heavy atom. The molecule has 1 aromatic heterocycles. The standard InChI is InChI=1S/C12H12N2O3S/c1-7(11(15)16)14-10(6-18-12(14)17)8-3-2-4-9(13)5-8/h2-7H,13H2,1H3,(H,15,16). The van der Waals surface area contributed by atoms with Gasteiger partial charge in [0.15, 0.2) is 0 Å². The Hall–Kier alpha value is -2.08. The molecule has 0 aliphatic carbocycles. The van der Waals surface area contributed by atoms with Crippen LogP contribution in [-0.2, 0) is 4.79 Å². The van der Waals surface area contributed by atoms with Crippen LogP contribution >= 0.6 is 11.3 Å². The van der Waals surface area contributed by atoms with Gasteiger partial charge in [0.05, 0.1) is 5.69 Å². The number of nitrogen functional groups attached to an aromatic ring is 1. The highest BCUT2D eigenvalue weighted by molar-refractivity contribution is 7.07. The van der Waals surface area contributed by atoms with E-state index in [-0.39, 0.29) is 4.87 Å². The van der Waals surface area contributed by atoms with Gasteiger partial charge in [0.1, 0.15) is 6.04 Å². The Morgan fingerprint density at radius 3 is 2.83 bits per heavy atom. The normalized spacial score (nSPS) is 12.3. The summed E-state index contributed by atoms with van der Waals surface area (Å²) in [4.78, 5) is 22.5. The van der Waals surface area contributed by atoms with Gasteiger partial charge >= 0.3 is 10.8 Å². The lowest BCUT2D eigenvalue weighted by molar-refractivity contribution is -0.140. The highest BCUT2D eigenvalue weighted by Gasteiger charge is 2.20. The Kier molecular flexibility index (Phi) is 3.20. The first-order chi connectivity index (χ1) is 8.50. The zero-order chi connectivity index (χ0) is 13.3. The van der Waals surface area contributed by atoms with Gasteiger partial charge in [-0.3, -0.25) is 9.36 Å². The second kappa shape index (κ2) is 4.66. The van der Waals surface area contributed by atoms with Crippen molar-refractivity contribution in [2.24, 2.45) is 0 Å². The van der Waals surface area contributed by atoms with Crippen LogP contribution in [0, 0.1) is 0 Å². The molecule has 1 atom stereocenters. The van der Waals surface area contributed by atoms with Crippen LogP contribution in [0.15, 0.2) is 34.4 Å². The average Bonchev–Trinajstić information content (AvgIpc) is 2.70. The molecule has 5 nitrogen and oxygen atoms in total. The number of hydrogen-bond acceptors (Lipinski definition) is 4. The van der Waals surface area contributed by atoms with E-state index in [1.165, 1.54) is 11.5 Å². The SMILES string of the molecule is CC(C(=O)O)n1c(-c2cccc(N)c2)csc1=O. The molecule has 0 spiro atoms. The van der Waals surface area contributed by atoms with Crippen molar-refractivity contribution in [3.8, 4) is 11.3 Å². The first kappa shape index (κ1) is 12.4. The third-order valence-electron chi connectivity index (χ3n) is 2.65. The number of hydrogen-bond donors (Lipinski definition) is 2. The van der Waals surface area contributed by atoms with Crippen LogP contribution in [0.3, 0.4) is 0 Å². The highest BCUT2D eigenvalue weighted by Crippen LogP contribution is 2.24. The number of aromatic nitrogens is 1. The predicted octanol–water partition coefficient (Wildman–Crippen LogP) is 1.80. The monoisotopic (exact) mass is 264 g/mol. The van der Waals surface area contributed by atoms with E-state index in [2.05, 4.69) is 0 Å². The van der Waals surface area contributed by atoms with Crippen molar-refractivity contribution in [1.82, 2.24) is 4.57 Å². The Balaban J connectivity index is 2.60. The lowest BCUT2D eigenvalue weighted by Gasteiger charge is -2.12. The fraction of sp³-hybridized carbons (Fsp3) is 0.167. The summed E-state index contributed by atoms with van der Waals surface area (Å²) >= 11 is 0.981. The van der Waals surface area contributed by atoms with Gasteiger partial charge in [0.25, 0.3) is 0 Å². The van der Waals surface area contributed by atoms with Crippen molar-refractivity contribution < 1.29 is 9.90 Å². The van der Waals surface area contributed by atoms with Crippen LogP contribution in [0.1, 0.15) is 13.0 Å². The Morgan fingerprint density at radius 1 is 1.50 bits per heavy atom. The number of thiazole rings is 1. The molecule has 2 aromatic rings. The van der Waals surface area contributed by atoms with Crippen LogP contribution in [0.4, 0.5) is 5.69 Å². The zero-order valence-corrected chi connectivity index (χ0v) is 10.5. The number of carboxylic acids is 1. The van der Waals surface area contributed by atoms with Crippen molar-refractivity contribution in [3.05, 3.63) is 39.3 Å². The van der Waals surface area contributed by atoms with E-state index in [1.807, 2.05) is 0 Å². The predicted molar refractivity (Wildman–Crippen MR) is 70.8 cm³/mol. The Labute approximate surface area is 107 Å². The summed E-state index contributed by atoms with van der Waals surface area (Å²) in [6.07, 6.45) is 0. The summed E-state index contributed by atoms with van der Waals surface area (Å²) in [6.45, 7) is 1.48. The Bertz CT molecular complexity index is 645. The third-order valence-corrected chi connectivity index (χ3v) is 3.39. The topological polar surface area (TPSA) is 85.3 Å². The number of nitrogens with zero attached hydrogens (tertiary/aromatic N) is 1. The van der Waals surface area contributed by atoms with Crippen LogP contribution < -0.4 is 10.6 Å². The molecule has 6 heteroatoms. The molecule has 0 bridgehead atoms. The van der Waals surface area contributed by atoms with E-state index in [4.69, 9.17) is 10.8 Å². The molecule has 2 rings (SSSR count). The molecule has 1 unspecified atom stereocenters. The van der Waals surface area contributed by atoms with E-state index in [0.29, 0.717) is 11.4 Å². The first-order valence-electron chi connectivity index (χ1n) is 5.29. The van der Waals surface area contributed by atoms with Gasteiger partial charge in [-0.05, 0) is 19.1 Å². The van der Waals surface area contributed by atoms with Gasteiger partial charge in [-0.1, -0.05) is 23.5 Å². The fourth-order valence-electron chi connectivity index (χ4n) is 1.70. The second-order valence-electron chi connectivity index (χ2n) is 3.90. The van der Waals surface area contributed by atoms with Crippen LogP contribution in [0.25, 0.3) is 11.3 Å². The van der Waals surface area contributed by atoms with Gasteiger partial charge in [-0.25, -0.2) is 4.79 Å². The fourth-order valence-corrected chi connectivity index (χ4v) is 2.53. The van der Waals surface area contributed by atoms with Crippen molar-refractivity contribution in [2.75, 3.05) is 5.73 Å². The minimum Gasteiger partial charge on any atom is -0.480 e. The maximum atomic E-state index is 11.7.